The molecule has 0 heterocycles. The molecule has 2 rings (SSSR count). The van der Waals surface area contributed by atoms with Gasteiger partial charge in [-0.3, -0.25) is 14.3 Å². The van der Waals surface area contributed by atoms with Gasteiger partial charge in [-0.1, -0.05) is 0 Å². The number of hydrogen-bond acceptors (Lipinski definition) is 7. The predicted molar refractivity (Wildman–Crippen MR) is 99.6 cm³/mol. The van der Waals surface area contributed by atoms with E-state index in [1.165, 1.54) is 31.4 Å². The van der Waals surface area contributed by atoms with Crippen molar-refractivity contribution in [3.05, 3.63) is 42.5 Å². The third-order valence-corrected chi connectivity index (χ3v) is 4.69. The molecule has 2 aromatic carbocycles. The molecular formula is C17H19N3O7S. The number of methoxy groups -OCH3 is 1. The Bertz CT molecular complexity index is 959. The van der Waals surface area contributed by atoms with Crippen molar-refractivity contribution in [1.29, 1.82) is 0 Å². The second-order valence-electron chi connectivity index (χ2n) is 5.45. The number of hydrogen-bond donors (Lipinski definition) is 3. The highest BCUT2D eigenvalue weighted by molar-refractivity contribution is 7.92. The largest absolute Gasteiger partial charge is 0.497 e. The molecule has 2 amide bonds. The number of primary amides is 2. The van der Waals surface area contributed by atoms with E-state index in [1.54, 1.807) is 12.1 Å². The SMILES string of the molecule is COc1ccc(NS(=O)(=O)c2ccc(OCC(N)=O)c(OCC(N)=O)c2)cc1. The molecule has 0 unspecified atom stereocenters. The molecule has 2 aromatic rings. The van der Waals surface area contributed by atoms with Gasteiger partial charge in [-0.2, -0.15) is 0 Å². The van der Waals surface area contributed by atoms with Gasteiger partial charge in [0.15, 0.2) is 24.7 Å². The number of sulfonamides is 1. The van der Waals surface area contributed by atoms with Gasteiger partial charge in [0.2, 0.25) is 0 Å². The molecule has 0 aliphatic carbocycles. The molecule has 11 heteroatoms. The molecule has 0 radical (unpaired) electrons. The Morgan fingerprint density at radius 2 is 1.50 bits per heavy atom. The van der Waals surface area contributed by atoms with Crippen LogP contribution in [0.5, 0.6) is 17.2 Å². The summed E-state index contributed by atoms with van der Waals surface area (Å²) in [5, 5.41) is 0. The Kier molecular flexibility index (Phi) is 6.66. The maximum Gasteiger partial charge on any atom is 0.262 e. The average molecular weight is 409 g/mol. The summed E-state index contributed by atoms with van der Waals surface area (Å²) in [5.74, 6) is -0.994. The van der Waals surface area contributed by atoms with Gasteiger partial charge in [0.05, 0.1) is 12.0 Å². The maximum absolute atomic E-state index is 12.6. The van der Waals surface area contributed by atoms with E-state index in [4.69, 9.17) is 25.7 Å². The van der Waals surface area contributed by atoms with Gasteiger partial charge < -0.3 is 25.7 Å². The molecular weight excluding hydrogens is 390 g/mol. The van der Waals surface area contributed by atoms with Crippen molar-refractivity contribution < 1.29 is 32.2 Å². The van der Waals surface area contributed by atoms with E-state index < -0.39 is 35.1 Å². The Balaban J connectivity index is 2.29. The van der Waals surface area contributed by atoms with Crippen LogP contribution in [-0.2, 0) is 19.6 Å². The lowest BCUT2D eigenvalue weighted by atomic mass is 10.3. The Morgan fingerprint density at radius 1 is 0.929 bits per heavy atom. The van der Waals surface area contributed by atoms with Crippen LogP contribution in [-0.4, -0.2) is 40.6 Å². The van der Waals surface area contributed by atoms with Gasteiger partial charge in [0.1, 0.15) is 5.75 Å². The number of amides is 2. The number of carbonyl (C=O) groups excluding carboxylic acids is 2. The first kappa shape index (κ1) is 20.8. The zero-order chi connectivity index (χ0) is 20.7. The zero-order valence-corrected chi connectivity index (χ0v) is 15.7. The summed E-state index contributed by atoms with van der Waals surface area (Å²) in [6.07, 6.45) is 0. The second-order valence-corrected chi connectivity index (χ2v) is 7.13. The van der Waals surface area contributed by atoms with Crippen LogP contribution in [0, 0.1) is 0 Å². The predicted octanol–water partition coefficient (Wildman–Crippen LogP) is 0.224. The van der Waals surface area contributed by atoms with Crippen molar-refractivity contribution in [2.75, 3.05) is 25.0 Å². The summed E-state index contributed by atoms with van der Waals surface area (Å²) in [6, 6.07) is 9.93. The summed E-state index contributed by atoms with van der Waals surface area (Å²) >= 11 is 0. The summed E-state index contributed by atoms with van der Waals surface area (Å²) in [7, 11) is -2.48. The normalized spacial score (nSPS) is 10.8. The lowest BCUT2D eigenvalue weighted by Crippen LogP contribution is -2.22. The Labute approximate surface area is 161 Å². The first-order valence-corrected chi connectivity index (χ1v) is 9.32. The number of benzene rings is 2. The summed E-state index contributed by atoms with van der Waals surface area (Å²) < 4.78 is 43.0. The fourth-order valence-electron chi connectivity index (χ4n) is 2.06. The van der Waals surface area contributed by atoms with Crippen LogP contribution >= 0.6 is 0 Å². The quantitative estimate of drug-likeness (QED) is 0.506. The molecule has 0 saturated heterocycles. The number of nitrogens with two attached hydrogens (primary N) is 2. The first-order chi connectivity index (χ1) is 13.2. The van der Waals surface area contributed by atoms with E-state index in [1.807, 2.05) is 0 Å². The lowest BCUT2D eigenvalue weighted by Gasteiger charge is -2.14. The monoisotopic (exact) mass is 409 g/mol. The van der Waals surface area contributed by atoms with E-state index >= 15 is 0 Å². The molecule has 0 saturated carbocycles. The van der Waals surface area contributed by atoms with Crippen LogP contribution in [0.1, 0.15) is 0 Å². The molecule has 0 aliphatic rings. The standard InChI is InChI=1S/C17H19N3O7S/c1-25-12-4-2-11(3-5-12)20-28(23,24)13-6-7-14(26-9-16(18)21)15(8-13)27-10-17(19)22/h2-8,20H,9-10H2,1H3,(H2,18,21)(H2,19,22). The fraction of sp³-hybridized carbons (Fsp3) is 0.176. The van der Waals surface area contributed by atoms with Gasteiger partial charge in [0, 0.05) is 11.8 Å². The smallest absolute Gasteiger partial charge is 0.262 e. The molecule has 0 spiro atoms. The second kappa shape index (κ2) is 8.95. The number of ether oxygens (including phenoxy) is 3. The van der Waals surface area contributed by atoms with Crippen molar-refractivity contribution in [1.82, 2.24) is 0 Å². The molecule has 0 bridgehead atoms. The minimum Gasteiger partial charge on any atom is -0.497 e. The van der Waals surface area contributed by atoms with Gasteiger partial charge >= 0.3 is 0 Å². The number of carbonyl (C=O) groups is 2. The highest BCUT2D eigenvalue weighted by Gasteiger charge is 2.18. The number of nitrogens with one attached hydrogen (secondary N) is 1. The number of rotatable bonds is 10. The molecule has 10 nitrogen and oxygen atoms in total. The van der Waals surface area contributed by atoms with Crippen molar-refractivity contribution in [3.63, 3.8) is 0 Å². The van der Waals surface area contributed by atoms with E-state index in [2.05, 4.69) is 4.72 Å². The van der Waals surface area contributed by atoms with E-state index in [-0.39, 0.29) is 16.4 Å². The van der Waals surface area contributed by atoms with Crippen LogP contribution in [0.15, 0.2) is 47.4 Å². The lowest BCUT2D eigenvalue weighted by molar-refractivity contribution is -0.121. The number of anilines is 1. The van der Waals surface area contributed by atoms with Crippen molar-refractivity contribution in [2.45, 2.75) is 4.90 Å². The highest BCUT2D eigenvalue weighted by atomic mass is 32.2. The third-order valence-electron chi connectivity index (χ3n) is 3.31. The van der Waals surface area contributed by atoms with Gasteiger partial charge in [-0.05, 0) is 36.4 Å². The molecule has 150 valence electrons. The molecule has 5 N–H and O–H groups in total. The van der Waals surface area contributed by atoms with Crippen LogP contribution in [0.25, 0.3) is 0 Å². The summed E-state index contributed by atoms with van der Waals surface area (Å²) in [6.45, 7) is -0.967. The van der Waals surface area contributed by atoms with Crippen LogP contribution in [0.2, 0.25) is 0 Å². The topological polar surface area (TPSA) is 160 Å². The van der Waals surface area contributed by atoms with Gasteiger partial charge in [-0.25, -0.2) is 8.42 Å². The maximum atomic E-state index is 12.6. The van der Waals surface area contributed by atoms with Gasteiger partial charge in [0.25, 0.3) is 21.8 Å². The van der Waals surface area contributed by atoms with Crippen molar-refractivity contribution in [2.24, 2.45) is 11.5 Å². The van der Waals surface area contributed by atoms with Gasteiger partial charge in [-0.15, -0.1) is 0 Å². The first-order valence-electron chi connectivity index (χ1n) is 7.84. The highest BCUT2D eigenvalue weighted by Crippen LogP contribution is 2.31. The van der Waals surface area contributed by atoms with Crippen molar-refractivity contribution in [3.8, 4) is 17.2 Å². The van der Waals surface area contributed by atoms with Crippen LogP contribution in [0.4, 0.5) is 5.69 Å². The van der Waals surface area contributed by atoms with E-state index in [0.29, 0.717) is 11.4 Å². The molecule has 0 fully saturated rings. The molecule has 0 aliphatic heterocycles. The fourth-order valence-corrected chi connectivity index (χ4v) is 3.13. The Hall–Kier alpha value is -3.47. The third kappa shape index (κ3) is 5.77. The van der Waals surface area contributed by atoms with Crippen LogP contribution in [0.3, 0.4) is 0 Å². The van der Waals surface area contributed by atoms with Crippen molar-refractivity contribution >= 4 is 27.5 Å². The van der Waals surface area contributed by atoms with E-state index in [0.717, 1.165) is 6.07 Å². The molecule has 0 atom stereocenters. The molecule has 0 aromatic heterocycles. The van der Waals surface area contributed by atoms with E-state index in [9.17, 15) is 18.0 Å². The minimum absolute atomic E-state index is 0.0310. The average Bonchev–Trinajstić information content (AvgIpc) is 2.65. The Morgan fingerprint density at radius 3 is 2.04 bits per heavy atom. The minimum atomic E-state index is -3.98. The molecule has 28 heavy (non-hydrogen) atoms. The summed E-state index contributed by atoms with van der Waals surface area (Å²) in [4.78, 5) is 21.7. The zero-order valence-electron chi connectivity index (χ0n) is 14.9. The summed E-state index contributed by atoms with van der Waals surface area (Å²) in [5.41, 5.74) is 10.4. The van der Waals surface area contributed by atoms with Crippen LogP contribution < -0.4 is 30.4 Å².